The molecule has 0 saturated carbocycles. The number of carbonyl (C=O) groups is 1. The van der Waals surface area contributed by atoms with E-state index >= 15 is 0 Å². The third-order valence-electron chi connectivity index (χ3n) is 4.94. The molecule has 0 bridgehead atoms. The van der Waals surface area contributed by atoms with E-state index in [1.54, 1.807) is 48.5 Å². The second-order valence-corrected chi connectivity index (χ2v) is 9.35. The van der Waals surface area contributed by atoms with Gasteiger partial charge in [0.25, 0.3) is 10.0 Å². The first-order valence-corrected chi connectivity index (χ1v) is 11.2. The Morgan fingerprint density at radius 3 is 2.33 bits per heavy atom. The summed E-state index contributed by atoms with van der Waals surface area (Å²) in [5.41, 5.74) is 3.58. The highest BCUT2D eigenvalue weighted by molar-refractivity contribution is 7.92. The summed E-state index contributed by atoms with van der Waals surface area (Å²) in [6.45, 7) is 5.22. The largest absolute Gasteiger partial charge is 0.324 e. The van der Waals surface area contributed by atoms with E-state index in [1.807, 2.05) is 26.8 Å². The lowest BCUT2D eigenvalue weighted by atomic mass is 10.1. The lowest BCUT2D eigenvalue weighted by Crippen LogP contribution is -2.38. The highest BCUT2D eigenvalue weighted by Gasteiger charge is 2.28. The van der Waals surface area contributed by atoms with Crippen molar-refractivity contribution in [1.29, 1.82) is 0 Å². The number of hydrogen-bond donors (Lipinski definition) is 1. The fraction of sp³-hybridized carbons (Fsp3) is 0.174. The summed E-state index contributed by atoms with van der Waals surface area (Å²) < 4.78 is 28.0. The molecule has 3 rings (SSSR count). The molecule has 0 saturated heterocycles. The lowest BCUT2D eigenvalue weighted by Gasteiger charge is -2.26. The maximum absolute atomic E-state index is 13.4. The van der Waals surface area contributed by atoms with Crippen molar-refractivity contribution in [3.63, 3.8) is 0 Å². The van der Waals surface area contributed by atoms with Crippen molar-refractivity contribution in [2.75, 3.05) is 16.2 Å². The fourth-order valence-corrected chi connectivity index (χ4v) is 4.75. The normalized spacial score (nSPS) is 11.2. The highest BCUT2D eigenvalue weighted by atomic mass is 35.5. The van der Waals surface area contributed by atoms with Gasteiger partial charge in [-0.15, -0.1) is 0 Å². The van der Waals surface area contributed by atoms with E-state index in [9.17, 15) is 13.2 Å². The number of aryl methyl sites for hydroxylation is 2. The van der Waals surface area contributed by atoms with Gasteiger partial charge in [-0.25, -0.2) is 8.42 Å². The van der Waals surface area contributed by atoms with Crippen LogP contribution in [0.15, 0.2) is 71.6 Å². The smallest absolute Gasteiger partial charge is 0.264 e. The molecular formula is C23H23ClN2O3S. The summed E-state index contributed by atoms with van der Waals surface area (Å²) >= 11 is 6.04. The van der Waals surface area contributed by atoms with E-state index in [2.05, 4.69) is 5.32 Å². The Labute approximate surface area is 182 Å². The van der Waals surface area contributed by atoms with Crippen LogP contribution in [-0.4, -0.2) is 20.9 Å². The molecule has 3 aromatic rings. The van der Waals surface area contributed by atoms with Crippen molar-refractivity contribution in [3.8, 4) is 0 Å². The number of amides is 1. The molecule has 0 aliphatic rings. The number of nitrogens with one attached hydrogen (secondary N) is 1. The summed E-state index contributed by atoms with van der Waals surface area (Å²) in [6, 6.07) is 18.7. The number of hydrogen-bond acceptors (Lipinski definition) is 3. The quantitative estimate of drug-likeness (QED) is 0.577. The van der Waals surface area contributed by atoms with Crippen molar-refractivity contribution in [3.05, 3.63) is 88.4 Å². The Balaban J connectivity index is 2.01. The van der Waals surface area contributed by atoms with Gasteiger partial charge < -0.3 is 5.32 Å². The Morgan fingerprint density at radius 2 is 1.63 bits per heavy atom. The van der Waals surface area contributed by atoms with E-state index in [0.717, 1.165) is 21.0 Å². The minimum atomic E-state index is -3.95. The molecule has 156 valence electrons. The Morgan fingerprint density at radius 1 is 0.933 bits per heavy atom. The predicted octanol–water partition coefficient (Wildman–Crippen LogP) is 5.10. The summed E-state index contributed by atoms with van der Waals surface area (Å²) in [6.07, 6.45) is 0. The number of benzene rings is 3. The molecular weight excluding hydrogens is 420 g/mol. The first-order valence-electron chi connectivity index (χ1n) is 9.40. The molecule has 0 heterocycles. The first-order chi connectivity index (χ1) is 14.2. The summed E-state index contributed by atoms with van der Waals surface area (Å²) in [5.74, 6) is -0.458. The highest BCUT2D eigenvalue weighted by Crippen LogP contribution is 2.29. The molecule has 5 nitrogen and oxygen atoms in total. The zero-order valence-corrected chi connectivity index (χ0v) is 18.6. The number of carbonyl (C=O) groups excluding carboxylic acids is 1. The average Bonchev–Trinajstić information content (AvgIpc) is 2.72. The minimum absolute atomic E-state index is 0.123. The second-order valence-electron chi connectivity index (χ2n) is 7.05. The van der Waals surface area contributed by atoms with E-state index < -0.39 is 15.9 Å². The van der Waals surface area contributed by atoms with Gasteiger partial charge in [-0.3, -0.25) is 9.10 Å². The van der Waals surface area contributed by atoms with Crippen LogP contribution in [0.2, 0.25) is 5.02 Å². The van der Waals surface area contributed by atoms with Gasteiger partial charge in [0.05, 0.1) is 10.6 Å². The molecule has 3 aromatic carbocycles. The van der Waals surface area contributed by atoms with Gasteiger partial charge >= 0.3 is 0 Å². The Bertz CT molecular complexity index is 1180. The summed E-state index contributed by atoms with van der Waals surface area (Å²) in [4.78, 5) is 13.0. The number of sulfonamides is 1. The molecule has 0 aliphatic heterocycles. The van der Waals surface area contributed by atoms with E-state index in [0.29, 0.717) is 16.4 Å². The van der Waals surface area contributed by atoms with E-state index in [-0.39, 0.29) is 11.4 Å². The van der Waals surface area contributed by atoms with Gasteiger partial charge in [-0.05, 0) is 67.8 Å². The molecule has 0 unspecified atom stereocenters. The number of nitrogens with zero attached hydrogens (tertiary/aromatic N) is 1. The number of halogens is 1. The molecule has 0 spiro atoms. The Hall–Kier alpha value is -2.83. The van der Waals surface area contributed by atoms with Crippen LogP contribution in [0.5, 0.6) is 0 Å². The molecule has 0 aromatic heterocycles. The fourth-order valence-electron chi connectivity index (χ4n) is 3.07. The van der Waals surface area contributed by atoms with Crippen LogP contribution in [0, 0.1) is 20.8 Å². The molecule has 0 aliphatic carbocycles. The molecule has 0 atom stereocenters. The average molecular weight is 443 g/mol. The summed E-state index contributed by atoms with van der Waals surface area (Å²) in [5, 5.41) is 3.26. The SMILES string of the molecule is Cc1ccc(Cl)cc1NC(=O)CN(c1cccc(C)c1C)S(=O)(=O)c1ccccc1. The van der Waals surface area contributed by atoms with Gasteiger partial charge in [0.15, 0.2) is 0 Å². The van der Waals surface area contributed by atoms with E-state index in [4.69, 9.17) is 11.6 Å². The van der Waals surface area contributed by atoms with Crippen molar-refractivity contribution in [2.24, 2.45) is 0 Å². The third-order valence-corrected chi connectivity index (χ3v) is 6.95. The van der Waals surface area contributed by atoms with Gasteiger partial charge in [-0.1, -0.05) is 48.0 Å². The molecule has 30 heavy (non-hydrogen) atoms. The summed E-state index contributed by atoms with van der Waals surface area (Å²) in [7, 11) is -3.95. The van der Waals surface area contributed by atoms with Crippen LogP contribution < -0.4 is 9.62 Å². The van der Waals surface area contributed by atoms with Crippen LogP contribution in [0.3, 0.4) is 0 Å². The van der Waals surface area contributed by atoms with Crippen LogP contribution >= 0.6 is 11.6 Å². The van der Waals surface area contributed by atoms with Crippen LogP contribution in [0.4, 0.5) is 11.4 Å². The van der Waals surface area contributed by atoms with Crippen molar-refractivity contribution < 1.29 is 13.2 Å². The van der Waals surface area contributed by atoms with Gasteiger partial charge in [0, 0.05) is 10.7 Å². The van der Waals surface area contributed by atoms with Crippen molar-refractivity contribution in [1.82, 2.24) is 0 Å². The Kier molecular flexibility index (Phi) is 6.48. The molecule has 1 amide bonds. The van der Waals surface area contributed by atoms with Crippen LogP contribution in [0.1, 0.15) is 16.7 Å². The topological polar surface area (TPSA) is 66.5 Å². The van der Waals surface area contributed by atoms with Crippen molar-refractivity contribution in [2.45, 2.75) is 25.7 Å². The van der Waals surface area contributed by atoms with Gasteiger partial charge in [-0.2, -0.15) is 0 Å². The second kappa shape index (κ2) is 8.90. The van der Waals surface area contributed by atoms with Crippen LogP contribution in [-0.2, 0) is 14.8 Å². The standard InChI is InChI=1S/C23H23ClN2O3S/c1-16-8-7-11-22(18(16)3)26(30(28,29)20-9-5-4-6-10-20)15-23(27)25-21-14-19(24)13-12-17(21)2/h4-14H,15H2,1-3H3,(H,25,27). The predicted molar refractivity (Wildman–Crippen MR) is 122 cm³/mol. The molecule has 7 heteroatoms. The third kappa shape index (κ3) is 4.66. The maximum Gasteiger partial charge on any atom is 0.264 e. The monoisotopic (exact) mass is 442 g/mol. The zero-order chi connectivity index (χ0) is 21.9. The molecule has 0 fully saturated rings. The van der Waals surface area contributed by atoms with Crippen molar-refractivity contribution >= 4 is 38.9 Å². The zero-order valence-electron chi connectivity index (χ0n) is 17.0. The minimum Gasteiger partial charge on any atom is -0.324 e. The first kappa shape index (κ1) is 21.9. The number of anilines is 2. The molecule has 1 N–H and O–H groups in total. The maximum atomic E-state index is 13.4. The van der Waals surface area contributed by atoms with Crippen LogP contribution in [0.25, 0.3) is 0 Å². The van der Waals surface area contributed by atoms with Gasteiger partial charge in [0.1, 0.15) is 6.54 Å². The van der Waals surface area contributed by atoms with E-state index in [1.165, 1.54) is 12.1 Å². The number of rotatable bonds is 6. The lowest BCUT2D eigenvalue weighted by molar-refractivity contribution is -0.114. The molecule has 0 radical (unpaired) electrons. The van der Waals surface area contributed by atoms with Gasteiger partial charge in [0.2, 0.25) is 5.91 Å².